The summed E-state index contributed by atoms with van der Waals surface area (Å²) in [6, 6.07) is 3.61. The highest BCUT2D eigenvalue weighted by atomic mass is 16.5. The van der Waals surface area contributed by atoms with E-state index in [0.717, 1.165) is 16.5 Å². The average Bonchev–Trinajstić information content (AvgIpc) is 2.74. The van der Waals surface area contributed by atoms with Gasteiger partial charge in [-0.2, -0.15) is 5.10 Å². The zero-order valence-electron chi connectivity index (χ0n) is 9.49. The molecule has 90 valence electrons. The number of amides is 1. The monoisotopic (exact) mass is 234 g/mol. The molecule has 1 aromatic heterocycles. The van der Waals surface area contributed by atoms with E-state index in [-0.39, 0.29) is 0 Å². The van der Waals surface area contributed by atoms with Gasteiger partial charge in [0.2, 0.25) is 0 Å². The summed E-state index contributed by atoms with van der Waals surface area (Å²) in [6.45, 7) is 2.47. The van der Waals surface area contributed by atoms with Crippen LogP contribution in [-0.4, -0.2) is 22.9 Å². The van der Waals surface area contributed by atoms with Crippen molar-refractivity contribution >= 4 is 22.7 Å². The number of anilines is 1. The van der Waals surface area contributed by atoms with E-state index < -0.39 is 6.09 Å². The Hall–Kier alpha value is -2.24. The summed E-state index contributed by atoms with van der Waals surface area (Å²) in [4.78, 5) is 11.2. The van der Waals surface area contributed by atoms with Gasteiger partial charge in [-0.25, -0.2) is 4.79 Å². The number of nitrogen functional groups attached to an aromatic ring is 1. The number of carbonyl (C=O) groups is 1. The molecule has 4 N–H and O–H groups in total. The topological polar surface area (TPSA) is 93.0 Å². The number of H-pyrrole nitrogens is 1. The molecular formula is C11H14N4O2. The van der Waals surface area contributed by atoms with Gasteiger partial charge >= 0.3 is 6.09 Å². The number of rotatable bonds is 3. The molecule has 0 saturated carbocycles. The van der Waals surface area contributed by atoms with Crippen molar-refractivity contribution in [3.63, 3.8) is 0 Å². The molecule has 0 spiro atoms. The van der Waals surface area contributed by atoms with Crippen LogP contribution in [0, 0.1) is 0 Å². The lowest BCUT2D eigenvalue weighted by molar-refractivity contribution is 0.151. The Morgan fingerprint density at radius 2 is 2.41 bits per heavy atom. The summed E-state index contributed by atoms with van der Waals surface area (Å²) in [6.07, 6.45) is 1.27. The van der Waals surface area contributed by atoms with Gasteiger partial charge in [0, 0.05) is 17.6 Å². The number of nitrogens with two attached hydrogens (primary N) is 1. The second kappa shape index (κ2) is 4.73. The fraction of sp³-hybridized carbons (Fsp3) is 0.273. The Kier molecular flexibility index (Phi) is 3.13. The number of fused-ring (bicyclic) bond motifs is 1. The van der Waals surface area contributed by atoms with Crippen molar-refractivity contribution in [2.24, 2.45) is 0 Å². The second-order valence-corrected chi connectivity index (χ2v) is 3.59. The first-order chi connectivity index (χ1) is 8.20. The Morgan fingerprint density at radius 3 is 3.18 bits per heavy atom. The molecule has 0 atom stereocenters. The van der Waals surface area contributed by atoms with Crippen molar-refractivity contribution in [3.8, 4) is 0 Å². The van der Waals surface area contributed by atoms with E-state index in [4.69, 9.17) is 10.5 Å². The Morgan fingerprint density at radius 1 is 1.59 bits per heavy atom. The van der Waals surface area contributed by atoms with Crippen molar-refractivity contribution in [2.45, 2.75) is 13.5 Å². The largest absolute Gasteiger partial charge is 0.450 e. The van der Waals surface area contributed by atoms with Gasteiger partial charge in [0.05, 0.1) is 18.3 Å². The molecule has 1 amide bonds. The van der Waals surface area contributed by atoms with Gasteiger partial charge in [0.1, 0.15) is 0 Å². The molecule has 0 bridgehead atoms. The highest BCUT2D eigenvalue weighted by molar-refractivity contribution is 5.85. The average molecular weight is 234 g/mol. The molecule has 0 aliphatic rings. The maximum atomic E-state index is 11.2. The highest BCUT2D eigenvalue weighted by Gasteiger charge is 2.06. The third-order valence-electron chi connectivity index (χ3n) is 2.37. The van der Waals surface area contributed by atoms with E-state index in [1.165, 1.54) is 0 Å². The molecule has 2 rings (SSSR count). The standard InChI is InChI=1S/C11H14N4O2/c1-2-17-11(16)13-5-7-3-8(12)4-10-9(7)6-14-15-10/h3-4,6H,2,5,12H2,1H3,(H,13,16)(H,14,15). The lowest BCUT2D eigenvalue weighted by atomic mass is 10.1. The van der Waals surface area contributed by atoms with Crippen molar-refractivity contribution in [1.29, 1.82) is 0 Å². The first-order valence-corrected chi connectivity index (χ1v) is 5.32. The van der Waals surface area contributed by atoms with Crippen LogP contribution in [0.4, 0.5) is 10.5 Å². The van der Waals surface area contributed by atoms with Crippen LogP contribution in [0.5, 0.6) is 0 Å². The number of aromatic amines is 1. The lowest BCUT2D eigenvalue weighted by Gasteiger charge is -2.07. The number of hydrogen-bond donors (Lipinski definition) is 3. The minimum atomic E-state index is -0.438. The Bertz CT molecular complexity index is 535. The number of ether oxygens (including phenoxy) is 1. The van der Waals surface area contributed by atoms with E-state index in [1.807, 2.05) is 6.07 Å². The maximum absolute atomic E-state index is 11.2. The number of benzene rings is 1. The predicted octanol–water partition coefficient (Wildman–Crippen LogP) is 1.39. The van der Waals surface area contributed by atoms with Gasteiger partial charge in [0.15, 0.2) is 0 Å². The van der Waals surface area contributed by atoms with E-state index in [2.05, 4.69) is 15.5 Å². The van der Waals surface area contributed by atoms with Gasteiger partial charge < -0.3 is 15.8 Å². The van der Waals surface area contributed by atoms with Crippen LogP contribution in [0.25, 0.3) is 10.9 Å². The van der Waals surface area contributed by atoms with Gasteiger partial charge in [-0.05, 0) is 24.6 Å². The molecule has 6 nitrogen and oxygen atoms in total. The lowest BCUT2D eigenvalue weighted by Crippen LogP contribution is -2.23. The first kappa shape index (κ1) is 11.3. The van der Waals surface area contributed by atoms with E-state index >= 15 is 0 Å². The third kappa shape index (κ3) is 2.47. The van der Waals surface area contributed by atoms with Gasteiger partial charge in [-0.3, -0.25) is 5.10 Å². The van der Waals surface area contributed by atoms with E-state index in [0.29, 0.717) is 18.8 Å². The van der Waals surface area contributed by atoms with Gasteiger partial charge in [-0.1, -0.05) is 0 Å². The number of nitrogens with one attached hydrogen (secondary N) is 2. The van der Waals surface area contributed by atoms with Crippen LogP contribution in [0.15, 0.2) is 18.3 Å². The molecule has 2 aromatic rings. The summed E-state index contributed by atoms with van der Waals surface area (Å²) in [5.74, 6) is 0. The summed E-state index contributed by atoms with van der Waals surface area (Å²) in [5.41, 5.74) is 8.14. The minimum Gasteiger partial charge on any atom is -0.450 e. The van der Waals surface area contributed by atoms with Crippen LogP contribution in [0.2, 0.25) is 0 Å². The molecule has 0 radical (unpaired) electrons. The Balaban J connectivity index is 2.17. The third-order valence-corrected chi connectivity index (χ3v) is 2.37. The van der Waals surface area contributed by atoms with Crippen LogP contribution >= 0.6 is 0 Å². The van der Waals surface area contributed by atoms with Crippen LogP contribution in [-0.2, 0) is 11.3 Å². The smallest absolute Gasteiger partial charge is 0.407 e. The van der Waals surface area contributed by atoms with Crippen LogP contribution in [0.1, 0.15) is 12.5 Å². The van der Waals surface area contributed by atoms with Crippen molar-refractivity contribution in [1.82, 2.24) is 15.5 Å². The van der Waals surface area contributed by atoms with Crippen molar-refractivity contribution < 1.29 is 9.53 Å². The zero-order chi connectivity index (χ0) is 12.3. The molecular weight excluding hydrogens is 220 g/mol. The molecule has 1 aromatic carbocycles. The quantitative estimate of drug-likeness (QED) is 0.699. The van der Waals surface area contributed by atoms with Crippen LogP contribution in [0.3, 0.4) is 0 Å². The number of carbonyl (C=O) groups excluding carboxylic acids is 1. The highest BCUT2D eigenvalue weighted by Crippen LogP contribution is 2.20. The molecule has 0 aliphatic carbocycles. The molecule has 0 unspecified atom stereocenters. The Labute approximate surface area is 98.1 Å². The number of aromatic nitrogens is 2. The van der Waals surface area contributed by atoms with Crippen molar-refractivity contribution in [2.75, 3.05) is 12.3 Å². The fourth-order valence-corrected chi connectivity index (χ4v) is 1.65. The molecule has 0 saturated heterocycles. The van der Waals surface area contributed by atoms with Gasteiger partial charge in [0.25, 0.3) is 0 Å². The molecule has 0 fully saturated rings. The second-order valence-electron chi connectivity index (χ2n) is 3.59. The molecule has 17 heavy (non-hydrogen) atoms. The summed E-state index contributed by atoms with van der Waals surface area (Å²) < 4.78 is 4.78. The van der Waals surface area contributed by atoms with Gasteiger partial charge in [-0.15, -0.1) is 0 Å². The minimum absolute atomic E-state index is 0.351. The first-order valence-electron chi connectivity index (χ1n) is 5.32. The van der Waals surface area contributed by atoms with E-state index in [9.17, 15) is 4.79 Å². The van der Waals surface area contributed by atoms with Crippen molar-refractivity contribution in [3.05, 3.63) is 23.9 Å². The maximum Gasteiger partial charge on any atom is 0.407 e. The molecule has 1 heterocycles. The molecule has 6 heteroatoms. The summed E-state index contributed by atoms with van der Waals surface area (Å²) in [5, 5.41) is 10.4. The normalized spacial score (nSPS) is 10.4. The summed E-state index contributed by atoms with van der Waals surface area (Å²) in [7, 11) is 0. The van der Waals surface area contributed by atoms with Crippen LogP contribution < -0.4 is 11.1 Å². The molecule has 0 aliphatic heterocycles. The SMILES string of the molecule is CCOC(=O)NCc1cc(N)cc2[nH]ncc12. The number of hydrogen-bond acceptors (Lipinski definition) is 4. The fourth-order valence-electron chi connectivity index (χ4n) is 1.65. The number of alkyl carbamates (subject to hydrolysis) is 1. The predicted molar refractivity (Wildman–Crippen MR) is 64.4 cm³/mol. The number of nitrogens with zero attached hydrogens (tertiary/aromatic N) is 1. The zero-order valence-corrected chi connectivity index (χ0v) is 9.49. The van der Waals surface area contributed by atoms with E-state index in [1.54, 1.807) is 19.2 Å². The summed E-state index contributed by atoms with van der Waals surface area (Å²) >= 11 is 0.